The van der Waals surface area contributed by atoms with Gasteiger partial charge < -0.3 is 14.2 Å². The fourth-order valence-electron chi connectivity index (χ4n) is 2.18. The van der Waals surface area contributed by atoms with Crippen molar-refractivity contribution in [3.63, 3.8) is 0 Å². The van der Waals surface area contributed by atoms with Crippen molar-refractivity contribution in [2.24, 2.45) is 0 Å². The van der Waals surface area contributed by atoms with Crippen LogP contribution in [0.3, 0.4) is 0 Å². The number of ether oxygens (including phenoxy) is 3. The minimum absolute atomic E-state index is 0.00882. The van der Waals surface area contributed by atoms with Gasteiger partial charge in [0.05, 0.1) is 16.6 Å². The largest absolute Gasteiger partial charge is 0.458 e. The summed E-state index contributed by atoms with van der Waals surface area (Å²) >= 11 is 3.32. The van der Waals surface area contributed by atoms with E-state index in [-0.39, 0.29) is 24.7 Å². The van der Waals surface area contributed by atoms with Crippen molar-refractivity contribution >= 4 is 33.7 Å². The molecule has 0 atom stereocenters. The van der Waals surface area contributed by atoms with E-state index in [0.717, 1.165) is 16.1 Å². The van der Waals surface area contributed by atoms with Crippen LogP contribution in [0.15, 0.2) is 46.9 Å². The molecule has 0 unspecified atom stereocenters. The first kappa shape index (κ1) is 17.0. The lowest BCUT2D eigenvalue weighted by atomic mass is 10.1. The van der Waals surface area contributed by atoms with E-state index < -0.39 is 10.9 Å². The number of hydrogen-bond acceptors (Lipinski definition) is 6. The molecule has 1 aliphatic rings. The standard InChI is InChI=1S/C17H12BrNO6/c18-13-4-1-11(2-5-13)9-23-17(20)6-3-12-7-15-16(25-10-24-15)8-14(12)19(21)22/h1-8H,9-10H2/b6-3+. The van der Waals surface area contributed by atoms with Crippen molar-refractivity contribution in [3.8, 4) is 11.5 Å². The van der Waals surface area contributed by atoms with Gasteiger partial charge in [-0.05, 0) is 29.8 Å². The number of nitrogens with zero attached hydrogens (tertiary/aromatic N) is 1. The average molecular weight is 406 g/mol. The lowest BCUT2D eigenvalue weighted by Gasteiger charge is -2.03. The molecule has 0 N–H and O–H groups in total. The van der Waals surface area contributed by atoms with Gasteiger partial charge in [-0.25, -0.2) is 4.79 Å². The van der Waals surface area contributed by atoms with Gasteiger partial charge in [0, 0.05) is 10.5 Å². The van der Waals surface area contributed by atoms with E-state index in [0.29, 0.717) is 11.5 Å². The van der Waals surface area contributed by atoms with E-state index in [9.17, 15) is 14.9 Å². The summed E-state index contributed by atoms with van der Waals surface area (Å²) in [6, 6.07) is 10.1. The van der Waals surface area contributed by atoms with Crippen LogP contribution in [0, 0.1) is 10.1 Å². The minimum Gasteiger partial charge on any atom is -0.458 e. The molecule has 2 aromatic rings. The number of fused-ring (bicyclic) bond motifs is 1. The Morgan fingerprint density at radius 3 is 2.60 bits per heavy atom. The molecular formula is C17H12BrNO6. The molecule has 8 heteroatoms. The zero-order chi connectivity index (χ0) is 17.8. The maximum absolute atomic E-state index is 11.8. The number of halogens is 1. The van der Waals surface area contributed by atoms with Crippen LogP contribution in [0.25, 0.3) is 6.08 Å². The van der Waals surface area contributed by atoms with Crippen LogP contribution in [-0.4, -0.2) is 17.7 Å². The SMILES string of the molecule is O=C(/C=C/c1cc2c(cc1[N+](=O)[O-])OCO2)OCc1ccc(Br)cc1. The summed E-state index contributed by atoms with van der Waals surface area (Å²) in [5.74, 6) is 0.102. The van der Waals surface area contributed by atoms with Gasteiger partial charge in [-0.3, -0.25) is 10.1 Å². The third-order valence-electron chi connectivity index (χ3n) is 3.41. The maximum atomic E-state index is 11.8. The highest BCUT2D eigenvalue weighted by Gasteiger charge is 2.22. The molecule has 25 heavy (non-hydrogen) atoms. The monoisotopic (exact) mass is 405 g/mol. The zero-order valence-corrected chi connectivity index (χ0v) is 14.4. The topological polar surface area (TPSA) is 87.9 Å². The van der Waals surface area contributed by atoms with Gasteiger partial charge in [-0.2, -0.15) is 0 Å². The lowest BCUT2D eigenvalue weighted by Crippen LogP contribution is -2.01. The second-order valence-electron chi connectivity index (χ2n) is 5.09. The number of hydrogen-bond donors (Lipinski definition) is 0. The molecule has 1 aliphatic heterocycles. The number of rotatable bonds is 5. The summed E-state index contributed by atoms with van der Waals surface area (Å²) < 4.78 is 16.4. The van der Waals surface area contributed by atoms with Gasteiger partial charge in [-0.1, -0.05) is 28.1 Å². The van der Waals surface area contributed by atoms with Crippen LogP contribution in [0.5, 0.6) is 11.5 Å². The molecule has 0 aliphatic carbocycles. The number of nitro groups is 1. The van der Waals surface area contributed by atoms with Crippen molar-refractivity contribution in [3.05, 3.63) is 68.2 Å². The van der Waals surface area contributed by atoms with E-state index in [2.05, 4.69) is 15.9 Å². The first-order chi connectivity index (χ1) is 12.0. The highest BCUT2D eigenvalue weighted by atomic mass is 79.9. The number of benzene rings is 2. The third kappa shape index (κ3) is 4.16. The summed E-state index contributed by atoms with van der Waals surface area (Å²) in [5, 5.41) is 11.2. The molecular weight excluding hydrogens is 394 g/mol. The molecule has 128 valence electrons. The van der Waals surface area contributed by atoms with Crippen LogP contribution >= 0.6 is 15.9 Å². The van der Waals surface area contributed by atoms with Crippen LogP contribution < -0.4 is 9.47 Å². The molecule has 0 aromatic heterocycles. The maximum Gasteiger partial charge on any atom is 0.331 e. The number of carbonyl (C=O) groups is 1. The molecule has 7 nitrogen and oxygen atoms in total. The Labute approximate surface area is 151 Å². The molecule has 0 saturated heterocycles. The number of nitro benzene ring substituents is 1. The summed E-state index contributed by atoms with van der Waals surface area (Å²) in [4.78, 5) is 22.4. The van der Waals surface area contributed by atoms with E-state index in [1.807, 2.05) is 24.3 Å². The van der Waals surface area contributed by atoms with E-state index in [4.69, 9.17) is 14.2 Å². The highest BCUT2D eigenvalue weighted by Crippen LogP contribution is 2.38. The summed E-state index contributed by atoms with van der Waals surface area (Å²) in [5.41, 5.74) is 0.884. The first-order valence-electron chi connectivity index (χ1n) is 7.20. The fraction of sp³-hybridized carbons (Fsp3) is 0.118. The van der Waals surface area contributed by atoms with Crippen LogP contribution in [-0.2, 0) is 16.1 Å². The average Bonchev–Trinajstić information content (AvgIpc) is 3.05. The van der Waals surface area contributed by atoms with Gasteiger partial charge in [0.2, 0.25) is 6.79 Å². The van der Waals surface area contributed by atoms with Crippen molar-refractivity contribution in [2.45, 2.75) is 6.61 Å². The smallest absolute Gasteiger partial charge is 0.331 e. The Balaban J connectivity index is 1.69. The van der Waals surface area contributed by atoms with Gasteiger partial charge in [-0.15, -0.1) is 0 Å². The Hall–Kier alpha value is -2.87. The third-order valence-corrected chi connectivity index (χ3v) is 3.94. The van der Waals surface area contributed by atoms with E-state index >= 15 is 0 Å². The molecule has 2 aromatic carbocycles. The van der Waals surface area contributed by atoms with Gasteiger partial charge in [0.25, 0.3) is 5.69 Å². The lowest BCUT2D eigenvalue weighted by molar-refractivity contribution is -0.385. The molecule has 1 heterocycles. The van der Waals surface area contributed by atoms with E-state index in [1.54, 1.807) is 0 Å². The fourth-order valence-corrected chi connectivity index (χ4v) is 2.44. The molecule has 3 rings (SSSR count). The first-order valence-corrected chi connectivity index (χ1v) is 7.99. The Bertz CT molecular complexity index is 847. The molecule has 0 fully saturated rings. The minimum atomic E-state index is -0.602. The van der Waals surface area contributed by atoms with Crippen LogP contribution in [0.1, 0.15) is 11.1 Å². The van der Waals surface area contributed by atoms with Crippen molar-refractivity contribution in [1.82, 2.24) is 0 Å². The Morgan fingerprint density at radius 1 is 1.24 bits per heavy atom. The summed E-state index contributed by atoms with van der Waals surface area (Å²) in [6.45, 7) is 0.120. The molecule has 0 radical (unpaired) electrons. The van der Waals surface area contributed by atoms with Crippen LogP contribution in [0.2, 0.25) is 0 Å². The van der Waals surface area contributed by atoms with Gasteiger partial charge in [0.1, 0.15) is 6.61 Å². The van der Waals surface area contributed by atoms with Gasteiger partial charge >= 0.3 is 5.97 Å². The summed E-state index contributed by atoms with van der Waals surface area (Å²) in [7, 11) is 0. The number of esters is 1. The Kier molecular flexibility index (Phi) is 4.99. The van der Waals surface area contributed by atoms with Gasteiger partial charge in [0.15, 0.2) is 11.5 Å². The highest BCUT2D eigenvalue weighted by molar-refractivity contribution is 9.10. The van der Waals surface area contributed by atoms with Crippen molar-refractivity contribution in [1.29, 1.82) is 0 Å². The normalized spacial score (nSPS) is 12.4. The van der Waals surface area contributed by atoms with Crippen molar-refractivity contribution in [2.75, 3.05) is 6.79 Å². The van der Waals surface area contributed by atoms with E-state index in [1.165, 1.54) is 18.2 Å². The molecule has 0 bridgehead atoms. The van der Waals surface area contributed by atoms with Crippen LogP contribution in [0.4, 0.5) is 5.69 Å². The second-order valence-corrected chi connectivity index (χ2v) is 6.00. The molecule has 0 spiro atoms. The predicted octanol–water partition coefficient (Wildman–Crippen LogP) is 3.84. The molecule has 0 saturated carbocycles. The Morgan fingerprint density at radius 2 is 1.92 bits per heavy atom. The number of carbonyl (C=O) groups excluding carboxylic acids is 1. The quantitative estimate of drug-likeness (QED) is 0.325. The second kappa shape index (κ2) is 7.35. The van der Waals surface area contributed by atoms with Crippen molar-refractivity contribution < 1.29 is 23.9 Å². The predicted molar refractivity (Wildman–Crippen MR) is 92.2 cm³/mol. The summed E-state index contributed by atoms with van der Waals surface area (Å²) in [6.07, 6.45) is 2.47. The zero-order valence-electron chi connectivity index (χ0n) is 12.8. The molecule has 0 amide bonds.